The third-order valence-electron chi connectivity index (χ3n) is 4.08. The molecule has 1 N–H and O–H groups in total. The molecule has 29 heavy (non-hydrogen) atoms. The zero-order valence-electron chi connectivity index (χ0n) is 15.1. The topological polar surface area (TPSA) is 102 Å². The van der Waals surface area contributed by atoms with E-state index in [2.05, 4.69) is 34.5 Å². The Bertz CT molecular complexity index is 1020. The Balaban J connectivity index is 1.69. The Morgan fingerprint density at radius 3 is 2.55 bits per heavy atom. The van der Waals surface area contributed by atoms with E-state index in [9.17, 15) is 19.7 Å². The first-order valence-electron chi connectivity index (χ1n) is 8.50. The summed E-state index contributed by atoms with van der Waals surface area (Å²) in [6.07, 6.45) is 3.09. The highest BCUT2D eigenvalue weighted by Gasteiger charge is 2.32. The van der Waals surface area contributed by atoms with E-state index in [0.29, 0.717) is 5.75 Å². The molecule has 1 saturated heterocycles. The van der Waals surface area contributed by atoms with Gasteiger partial charge in [0.25, 0.3) is 11.6 Å². The summed E-state index contributed by atoms with van der Waals surface area (Å²) in [5, 5.41) is 13.2. The van der Waals surface area contributed by atoms with Crippen LogP contribution in [0.3, 0.4) is 0 Å². The van der Waals surface area contributed by atoms with Crippen molar-refractivity contribution in [3.63, 3.8) is 0 Å². The van der Waals surface area contributed by atoms with Crippen molar-refractivity contribution in [2.75, 3.05) is 6.54 Å². The number of imide groups is 1. The standard InChI is InChI=1S/C20H16IN3O5/c1-2-9-23-19(25)17(22-20(23)26)11-14-5-8-18(16(21)10-14)29-12-13-3-6-15(7-4-13)24(27)28/h2-8,10-11H,1,9,12H2,(H,22,26)/b17-11+. The van der Waals surface area contributed by atoms with Crippen LogP contribution in [-0.2, 0) is 11.4 Å². The molecule has 0 spiro atoms. The zero-order valence-corrected chi connectivity index (χ0v) is 17.3. The van der Waals surface area contributed by atoms with Gasteiger partial charge in [0, 0.05) is 18.7 Å². The van der Waals surface area contributed by atoms with E-state index in [-0.39, 0.29) is 24.5 Å². The number of non-ortho nitro benzene ring substituents is 1. The van der Waals surface area contributed by atoms with Gasteiger partial charge in [0.05, 0.1) is 8.49 Å². The predicted octanol–water partition coefficient (Wildman–Crippen LogP) is 3.86. The molecule has 1 fully saturated rings. The lowest BCUT2D eigenvalue weighted by Crippen LogP contribution is -2.30. The van der Waals surface area contributed by atoms with Gasteiger partial charge in [0.1, 0.15) is 18.1 Å². The minimum atomic E-state index is -0.473. The van der Waals surface area contributed by atoms with Crippen LogP contribution in [0.2, 0.25) is 0 Å². The lowest BCUT2D eigenvalue weighted by Gasteiger charge is -2.09. The van der Waals surface area contributed by atoms with Crippen molar-refractivity contribution < 1.29 is 19.2 Å². The van der Waals surface area contributed by atoms with E-state index in [1.54, 1.807) is 30.3 Å². The number of carbonyl (C=O) groups is 2. The highest BCUT2D eigenvalue weighted by Crippen LogP contribution is 2.25. The number of amides is 3. The smallest absolute Gasteiger partial charge is 0.329 e. The molecule has 3 amide bonds. The number of rotatable bonds is 7. The van der Waals surface area contributed by atoms with Gasteiger partial charge in [0.2, 0.25) is 0 Å². The third-order valence-corrected chi connectivity index (χ3v) is 4.93. The van der Waals surface area contributed by atoms with E-state index in [4.69, 9.17) is 4.74 Å². The van der Waals surface area contributed by atoms with Crippen molar-refractivity contribution in [3.05, 3.63) is 85.6 Å². The van der Waals surface area contributed by atoms with Crippen molar-refractivity contribution in [2.45, 2.75) is 6.61 Å². The van der Waals surface area contributed by atoms with Crippen LogP contribution in [0.4, 0.5) is 10.5 Å². The summed E-state index contributed by atoms with van der Waals surface area (Å²) in [5.41, 5.74) is 1.77. The summed E-state index contributed by atoms with van der Waals surface area (Å²) in [5.74, 6) is 0.240. The molecule has 1 aliphatic rings. The second-order valence-electron chi connectivity index (χ2n) is 6.09. The first-order valence-corrected chi connectivity index (χ1v) is 9.58. The molecular formula is C20H16IN3O5. The molecule has 3 rings (SSSR count). The molecule has 8 nitrogen and oxygen atoms in total. The number of benzene rings is 2. The summed E-state index contributed by atoms with van der Waals surface area (Å²) in [6, 6.07) is 11.1. The van der Waals surface area contributed by atoms with Crippen molar-refractivity contribution in [1.29, 1.82) is 0 Å². The van der Waals surface area contributed by atoms with Gasteiger partial charge in [-0.1, -0.05) is 12.1 Å². The molecule has 2 aromatic rings. The number of ether oxygens (including phenoxy) is 1. The van der Waals surface area contributed by atoms with Gasteiger partial charge in [-0.05, 0) is 64.1 Å². The average molecular weight is 505 g/mol. The molecule has 0 saturated carbocycles. The maximum atomic E-state index is 12.2. The molecule has 0 radical (unpaired) electrons. The summed E-state index contributed by atoms with van der Waals surface area (Å²) in [6.45, 7) is 3.95. The van der Waals surface area contributed by atoms with E-state index >= 15 is 0 Å². The van der Waals surface area contributed by atoms with Crippen LogP contribution in [-0.4, -0.2) is 28.3 Å². The zero-order chi connectivity index (χ0) is 21.0. The number of nitrogens with one attached hydrogen (secondary N) is 1. The molecule has 1 aliphatic heterocycles. The normalized spacial score (nSPS) is 14.8. The summed E-state index contributed by atoms with van der Waals surface area (Å²) in [7, 11) is 0. The van der Waals surface area contributed by atoms with Gasteiger partial charge in [-0.2, -0.15) is 0 Å². The fourth-order valence-corrected chi connectivity index (χ4v) is 3.33. The molecule has 1 heterocycles. The number of hydrogen-bond acceptors (Lipinski definition) is 5. The number of nitrogens with zero attached hydrogens (tertiary/aromatic N) is 2. The number of nitro benzene ring substituents is 1. The SMILES string of the molecule is C=CCN1C(=O)N/C(=C/c2ccc(OCc3ccc([N+](=O)[O-])cc3)c(I)c2)C1=O. The molecule has 0 atom stereocenters. The van der Waals surface area contributed by atoms with Gasteiger partial charge in [-0.3, -0.25) is 19.8 Å². The number of hydrogen-bond donors (Lipinski definition) is 1. The minimum Gasteiger partial charge on any atom is -0.488 e. The fraction of sp³-hybridized carbons (Fsp3) is 0.100. The molecule has 0 unspecified atom stereocenters. The molecule has 9 heteroatoms. The Morgan fingerprint density at radius 1 is 1.21 bits per heavy atom. The monoisotopic (exact) mass is 505 g/mol. The number of halogens is 1. The highest BCUT2D eigenvalue weighted by molar-refractivity contribution is 14.1. The number of nitro groups is 1. The van der Waals surface area contributed by atoms with Gasteiger partial charge < -0.3 is 10.1 Å². The maximum absolute atomic E-state index is 12.2. The van der Waals surface area contributed by atoms with Crippen molar-refractivity contribution in [2.24, 2.45) is 0 Å². The Labute approximate surface area is 180 Å². The summed E-state index contributed by atoms with van der Waals surface area (Å²) in [4.78, 5) is 35.4. The van der Waals surface area contributed by atoms with Crippen molar-refractivity contribution >= 4 is 46.3 Å². The molecule has 148 valence electrons. The van der Waals surface area contributed by atoms with Crippen LogP contribution in [0, 0.1) is 13.7 Å². The molecule has 0 aromatic heterocycles. The second kappa shape index (κ2) is 8.86. The van der Waals surface area contributed by atoms with E-state index in [1.165, 1.54) is 18.2 Å². The lowest BCUT2D eigenvalue weighted by molar-refractivity contribution is -0.384. The number of carbonyl (C=O) groups excluding carboxylic acids is 2. The van der Waals surface area contributed by atoms with Crippen LogP contribution in [0.1, 0.15) is 11.1 Å². The molecule has 0 aliphatic carbocycles. The number of urea groups is 1. The molecular weight excluding hydrogens is 489 g/mol. The molecule has 2 aromatic carbocycles. The van der Waals surface area contributed by atoms with E-state index < -0.39 is 16.9 Å². The van der Waals surface area contributed by atoms with Crippen LogP contribution in [0.25, 0.3) is 6.08 Å². The average Bonchev–Trinajstić information content (AvgIpc) is 2.95. The summed E-state index contributed by atoms with van der Waals surface area (Å²) < 4.78 is 6.60. The van der Waals surface area contributed by atoms with Crippen LogP contribution < -0.4 is 10.1 Å². The Hall–Kier alpha value is -3.21. The Kier molecular flexibility index (Phi) is 6.27. The fourth-order valence-electron chi connectivity index (χ4n) is 2.63. The highest BCUT2D eigenvalue weighted by atomic mass is 127. The lowest BCUT2D eigenvalue weighted by atomic mass is 10.2. The summed E-state index contributed by atoms with van der Waals surface area (Å²) >= 11 is 2.12. The maximum Gasteiger partial charge on any atom is 0.329 e. The van der Waals surface area contributed by atoms with Crippen molar-refractivity contribution in [3.8, 4) is 5.75 Å². The molecule has 0 bridgehead atoms. The van der Waals surface area contributed by atoms with Gasteiger partial charge in [-0.25, -0.2) is 4.79 Å². The van der Waals surface area contributed by atoms with Gasteiger partial charge >= 0.3 is 6.03 Å². The van der Waals surface area contributed by atoms with E-state index in [1.807, 2.05) is 6.07 Å². The second-order valence-corrected chi connectivity index (χ2v) is 7.26. The van der Waals surface area contributed by atoms with Crippen LogP contribution in [0.15, 0.2) is 60.8 Å². The first kappa shape index (κ1) is 20.5. The van der Waals surface area contributed by atoms with Gasteiger partial charge in [-0.15, -0.1) is 6.58 Å². The third kappa shape index (κ3) is 4.80. The minimum absolute atomic E-state index is 0.0286. The van der Waals surface area contributed by atoms with E-state index in [0.717, 1.165) is 19.6 Å². The Morgan fingerprint density at radius 2 is 1.93 bits per heavy atom. The first-order chi connectivity index (χ1) is 13.9. The van der Waals surface area contributed by atoms with Gasteiger partial charge in [0.15, 0.2) is 0 Å². The quantitative estimate of drug-likeness (QED) is 0.154. The van der Waals surface area contributed by atoms with Crippen LogP contribution >= 0.6 is 22.6 Å². The van der Waals surface area contributed by atoms with Crippen molar-refractivity contribution in [1.82, 2.24) is 10.2 Å². The largest absolute Gasteiger partial charge is 0.488 e. The van der Waals surface area contributed by atoms with Crippen LogP contribution in [0.5, 0.6) is 5.75 Å². The predicted molar refractivity (Wildman–Crippen MR) is 115 cm³/mol.